The van der Waals surface area contributed by atoms with Crippen LogP contribution in [0.1, 0.15) is 10.4 Å². The van der Waals surface area contributed by atoms with Crippen molar-refractivity contribution in [3.63, 3.8) is 0 Å². The third-order valence-corrected chi connectivity index (χ3v) is 4.03. The van der Waals surface area contributed by atoms with Crippen molar-refractivity contribution in [2.24, 2.45) is 0 Å². The number of carbonyl (C=O) groups is 1. The number of para-hydroxylation sites is 2. The van der Waals surface area contributed by atoms with E-state index < -0.39 is 4.84 Å². The Bertz CT molecular complexity index is 763. The number of rotatable bonds is 5. The number of Topliss-reactive ketones (excluding diaryl/α,β-unsaturated/α-hetero) is 1. The predicted molar refractivity (Wildman–Crippen MR) is 101 cm³/mol. The van der Waals surface area contributed by atoms with Gasteiger partial charge in [-0.2, -0.15) is 0 Å². The Hall–Kier alpha value is -2.29. The van der Waals surface area contributed by atoms with Gasteiger partial charge < -0.3 is 4.90 Å². The Morgan fingerprint density at radius 1 is 0.667 bits per heavy atom. The summed E-state index contributed by atoms with van der Waals surface area (Å²) in [5, 5.41) is 0. The van der Waals surface area contributed by atoms with Crippen LogP contribution in [-0.2, 0) is 0 Å². The van der Waals surface area contributed by atoms with Crippen molar-refractivity contribution in [2.75, 3.05) is 4.90 Å². The van der Waals surface area contributed by atoms with E-state index in [1.54, 1.807) is 12.1 Å². The van der Waals surface area contributed by atoms with Crippen LogP contribution in [0.2, 0.25) is 0 Å². The van der Waals surface area contributed by atoms with Gasteiger partial charge in [0.15, 0.2) is 10.6 Å². The zero-order chi connectivity index (χ0) is 16.9. The maximum Gasteiger partial charge on any atom is 0.195 e. The van der Waals surface area contributed by atoms with Gasteiger partial charge in [0.1, 0.15) is 0 Å². The molecule has 0 saturated carbocycles. The molecule has 0 N–H and O–H groups in total. The van der Waals surface area contributed by atoms with Crippen LogP contribution in [0.4, 0.5) is 17.1 Å². The first-order valence-corrected chi connectivity index (χ1v) is 8.37. The standard InChI is InChI=1S/C20H15Cl2NO/c21-20(22)19(24)15-11-13-18(14-12-15)23(16-7-3-1-4-8-16)17-9-5-2-6-10-17/h1-14,20H. The molecule has 2 nitrogen and oxygen atoms in total. The summed E-state index contributed by atoms with van der Waals surface area (Å²) in [7, 11) is 0. The molecule has 24 heavy (non-hydrogen) atoms. The number of halogens is 2. The van der Waals surface area contributed by atoms with E-state index in [0.717, 1.165) is 17.1 Å². The van der Waals surface area contributed by atoms with Gasteiger partial charge in [0.05, 0.1) is 0 Å². The maximum atomic E-state index is 11.9. The van der Waals surface area contributed by atoms with Crippen molar-refractivity contribution in [3.8, 4) is 0 Å². The average molecular weight is 356 g/mol. The van der Waals surface area contributed by atoms with Crippen LogP contribution >= 0.6 is 23.2 Å². The Morgan fingerprint density at radius 2 is 1.08 bits per heavy atom. The lowest BCUT2D eigenvalue weighted by Crippen LogP contribution is -2.11. The highest BCUT2D eigenvalue weighted by molar-refractivity contribution is 6.55. The fourth-order valence-corrected chi connectivity index (χ4v) is 2.75. The highest BCUT2D eigenvalue weighted by Crippen LogP contribution is 2.34. The summed E-state index contributed by atoms with van der Waals surface area (Å²) >= 11 is 11.3. The molecule has 0 aliphatic heterocycles. The lowest BCUT2D eigenvalue weighted by Gasteiger charge is -2.25. The van der Waals surface area contributed by atoms with Crippen molar-refractivity contribution in [1.82, 2.24) is 0 Å². The number of carbonyl (C=O) groups excluding carboxylic acids is 1. The van der Waals surface area contributed by atoms with E-state index in [1.807, 2.05) is 72.8 Å². The molecule has 3 aromatic rings. The topological polar surface area (TPSA) is 20.3 Å². The van der Waals surface area contributed by atoms with Crippen LogP contribution in [0.15, 0.2) is 84.9 Å². The van der Waals surface area contributed by atoms with Gasteiger partial charge in [0.25, 0.3) is 0 Å². The molecule has 0 bridgehead atoms. The molecule has 0 aliphatic rings. The van der Waals surface area contributed by atoms with Crippen molar-refractivity contribution in [1.29, 1.82) is 0 Å². The van der Waals surface area contributed by atoms with E-state index in [-0.39, 0.29) is 5.78 Å². The molecule has 0 amide bonds. The molecular weight excluding hydrogens is 341 g/mol. The fraction of sp³-hybridized carbons (Fsp3) is 0.0500. The van der Waals surface area contributed by atoms with Gasteiger partial charge in [-0.25, -0.2) is 0 Å². The van der Waals surface area contributed by atoms with Crippen LogP contribution < -0.4 is 4.90 Å². The monoisotopic (exact) mass is 355 g/mol. The Balaban J connectivity index is 2.02. The van der Waals surface area contributed by atoms with Crippen LogP contribution in [0, 0.1) is 0 Å². The van der Waals surface area contributed by atoms with Crippen molar-refractivity contribution in [3.05, 3.63) is 90.5 Å². The maximum absolute atomic E-state index is 11.9. The average Bonchev–Trinajstić information content (AvgIpc) is 2.64. The summed E-state index contributed by atoms with van der Waals surface area (Å²) in [4.78, 5) is 13.0. The molecule has 0 fully saturated rings. The molecule has 3 aromatic carbocycles. The molecule has 4 heteroatoms. The van der Waals surface area contributed by atoms with Gasteiger partial charge in [-0.05, 0) is 48.5 Å². The van der Waals surface area contributed by atoms with E-state index in [4.69, 9.17) is 23.2 Å². The molecule has 0 heterocycles. The minimum absolute atomic E-state index is 0.296. The number of nitrogens with zero attached hydrogens (tertiary/aromatic N) is 1. The van der Waals surface area contributed by atoms with Gasteiger partial charge in [-0.3, -0.25) is 4.79 Å². The number of ketones is 1. The van der Waals surface area contributed by atoms with Crippen LogP contribution in [0.5, 0.6) is 0 Å². The Morgan fingerprint density at radius 3 is 1.50 bits per heavy atom. The lowest BCUT2D eigenvalue weighted by atomic mass is 10.1. The number of anilines is 3. The van der Waals surface area contributed by atoms with E-state index in [1.165, 1.54) is 0 Å². The molecule has 3 rings (SSSR count). The summed E-state index contributed by atoms with van der Waals surface area (Å²) in [5.74, 6) is -0.296. The summed E-state index contributed by atoms with van der Waals surface area (Å²) in [6, 6.07) is 27.4. The lowest BCUT2D eigenvalue weighted by molar-refractivity contribution is 0.101. The smallest absolute Gasteiger partial charge is 0.195 e. The third-order valence-electron chi connectivity index (χ3n) is 3.64. The Kier molecular flexibility index (Phi) is 5.19. The molecule has 0 spiro atoms. The van der Waals surface area contributed by atoms with E-state index >= 15 is 0 Å². The first-order chi connectivity index (χ1) is 11.7. The summed E-state index contributed by atoms with van der Waals surface area (Å²) in [6.07, 6.45) is 0. The second kappa shape index (κ2) is 7.52. The molecule has 0 aliphatic carbocycles. The number of hydrogen-bond donors (Lipinski definition) is 0. The molecule has 0 saturated heterocycles. The normalized spacial score (nSPS) is 10.6. The summed E-state index contributed by atoms with van der Waals surface area (Å²) < 4.78 is 0. The highest BCUT2D eigenvalue weighted by atomic mass is 35.5. The number of alkyl halides is 2. The van der Waals surface area contributed by atoms with Gasteiger partial charge in [-0.1, -0.05) is 59.6 Å². The Labute approximate surface area is 151 Å². The SMILES string of the molecule is O=C(c1ccc(N(c2ccccc2)c2ccccc2)cc1)C(Cl)Cl. The van der Waals surface area contributed by atoms with Crippen molar-refractivity contribution >= 4 is 46.0 Å². The van der Waals surface area contributed by atoms with Crippen molar-refractivity contribution in [2.45, 2.75) is 4.84 Å². The second-order valence-electron chi connectivity index (χ2n) is 5.22. The van der Waals surface area contributed by atoms with E-state index in [9.17, 15) is 4.79 Å². The van der Waals surface area contributed by atoms with E-state index in [2.05, 4.69) is 4.90 Å². The largest absolute Gasteiger partial charge is 0.311 e. The fourth-order valence-electron chi connectivity index (χ4n) is 2.50. The third kappa shape index (κ3) is 3.61. The summed E-state index contributed by atoms with van der Waals surface area (Å²) in [6.45, 7) is 0. The second-order valence-corrected chi connectivity index (χ2v) is 6.31. The zero-order valence-electron chi connectivity index (χ0n) is 12.8. The summed E-state index contributed by atoms with van der Waals surface area (Å²) in [5.41, 5.74) is 3.52. The van der Waals surface area contributed by atoms with Gasteiger partial charge in [0, 0.05) is 22.6 Å². The molecule has 0 aromatic heterocycles. The molecule has 0 atom stereocenters. The highest BCUT2D eigenvalue weighted by Gasteiger charge is 2.16. The first-order valence-electron chi connectivity index (χ1n) is 7.49. The van der Waals surface area contributed by atoms with Crippen LogP contribution in [0.25, 0.3) is 0 Å². The number of benzene rings is 3. The minimum Gasteiger partial charge on any atom is -0.311 e. The molecule has 0 radical (unpaired) electrons. The predicted octanol–water partition coefficient (Wildman–Crippen LogP) is 6.14. The van der Waals surface area contributed by atoms with Gasteiger partial charge in [-0.15, -0.1) is 0 Å². The molecule has 0 unspecified atom stereocenters. The van der Waals surface area contributed by atoms with E-state index in [0.29, 0.717) is 5.56 Å². The molecule has 120 valence electrons. The quantitative estimate of drug-likeness (QED) is 0.404. The van der Waals surface area contributed by atoms with Gasteiger partial charge >= 0.3 is 0 Å². The van der Waals surface area contributed by atoms with Gasteiger partial charge in [0.2, 0.25) is 0 Å². The minimum atomic E-state index is -1.05. The van der Waals surface area contributed by atoms with Crippen LogP contribution in [0.3, 0.4) is 0 Å². The molecular formula is C20H15Cl2NO. The van der Waals surface area contributed by atoms with Crippen molar-refractivity contribution < 1.29 is 4.79 Å². The first kappa shape index (κ1) is 16.6. The number of hydrogen-bond acceptors (Lipinski definition) is 2. The van der Waals surface area contributed by atoms with Crippen LogP contribution in [-0.4, -0.2) is 10.6 Å². The zero-order valence-corrected chi connectivity index (χ0v) is 14.3.